The molecule has 1 saturated heterocycles. The van der Waals surface area contributed by atoms with Crippen LogP contribution in [-0.4, -0.2) is 60.4 Å². The van der Waals surface area contributed by atoms with Crippen molar-refractivity contribution in [3.8, 4) is 0 Å². The van der Waals surface area contributed by atoms with E-state index >= 15 is 0 Å². The summed E-state index contributed by atoms with van der Waals surface area (Å²) in [5.74, 6) is -2.83. The van der Waals surface area contributed by atoms with Gasteiger partial charge in [-0.2, -0.15) is 0 Å². The molecule has 0 radical (unpaired) electrons. The minimum Gasteiger partial charge on any atom is -0.460 e. The number of esters is 1. The molecule has 0 bridgehead atoms. The molecular weight excluding hydrogens is 548 g/mol. The highest BCUT2D eigenvalue weighted by molar-refractivity contribution is 5.95. The van der Waals surface area contributed by atoms with Gasteiger partial charge in [0.1, 0.15) is 24.2 Å². The maximum absolute atomic E-state index is 13.7. The van der Waals surface area contributed by atoms with Gasteiger partial charge >= 0.3 is 5.97 Å². The van der Waals surface area contributed by atoms with Gasteiger partial charge in [0, 0.05) is 19.4 Å². The normalized spacial score (nSPS) is 21.8. The summed E-state index contributed by atoms with van der Waals surface area (Å²) in [5, 5.41) is 10.9. The molecule has 43 heavy (non-hydrogen) atoms. The minimum atomic E-state index is -1.27. The quantitative estimate of drug-likeness (QED) is 0.311. The van der Waals surface area contributed by atoms with Crippen LogP contribution in [0.2, 0.25) is 0 Å². The lowest BCUT2D eigenvalue weighted by Gasteiger charge is -2.28. The van der Waals surface area contributed by atoms with Crippen molar-refractivity contribution in [2.75, 3.05) is 6.54 Å². The Morgan fingerprint density at radius 3 is 1.77 bits per heavy atom. The molecule has 4 amide bonds. The van der Waals surface area contributed by atoms with Gasteiger partial charge in [0.25, 0.3) is 0 Å². The Morgan fingerprint density at radius 2 is 1.21 bits per heavy atom. The Hall–Kier alpha value is -4.99. The number of benzene rings is 3. The molecule has 0 aromatic heterocycles. The molecule has 10 nitrogen and oxygen atoms in total. The highest BCUT2D eigenvalue weighted by Gasteiger charge is 2.34. The highest BCUT2D eigenvalue weighted by atomic mass is 16.5. The number of cyclic esters (lactones) is 1. The van der Waals surface area contributed by atoms with Crippen LogP contribution in [-0.2, 0) is 48.0 Å². The number of carbonyl (C=O) groups is 5. The first-order chi connectivity index (χ1) is 20.8. The third-order valence-corrected chi connectivity index (χ3v) is 7.05. The van der Waals surface area contributed by atoms with E-state index in [0.29, 0.717) is 0 Å². The summed E-state index contributed by atoms with van der Waals surface area (Å²) >= 11 is 0. The minimum absolute atomic E-state index is 0.00636. The van der Waals surface area contributed by atoms with Crippen LogP contribution < -0.4 is 21.3 Å². The van der Waals surface area contributed by atoms with E-state index in [1.165, 1.54) is 6.92 Å². The fraction of sp³-hybridized carbons (Fsp3) is 0.303. The summed E-state index contributed by atoms with van der Waals surface area (Å²) < 4.78 is 5.50. The van der Waals surface area contributed by atoms with E-state index in [1.54, 1.807) is 24.3 Å². The van der Waals surface area contributed by atoms with Gasteiger partial charge in [-0.05, 0) is 23.6 Å². The molecule has 1 fully saturated rings. The smallest absolute Gasteiger partial charge is 0.307 e. The molecule has 224 valence electrons. The summed E-state index contributed by atoms with van der Waals surface area (Å²) in [6.07, 6.45) is -0.893. The molecule has 0 aliphatic carbocycles. The summed E-state index contributed by atoms with van der Waals surface area (Å²) in [6, 6.07) is 24.0. The predicted molar refractivity (Wildman–Crippen MR) is 159 cm³/mol. The van der Waals surface area contributed by atoms with Gasteiger partial charge in [0.2, 0.25) is 23.6 Å². The third kappa shape index (κ3) is 9.53. The zero-order valence-corrected chi connectivity index (χ0v) is 24.0. The Balaban J connectivity index is 1.61. The lowest BCUT2D eigenvalue weighted by atomic mass is 10.0. The van der Waals surface area contributed by atoms with E-state index in [-0.39, 0.29) is 32.2 Å². The summed E-state index contributed by atoms with van der Waals surface area (Å²) in [5.41, 5.74) is 2.34. The van der Waals surface area contributed by atoms with Crippen molar-refractivity contribution < 1.29 is 28.7 Å². The molecule has 1 aliphatic rings. The Bertz CT molecular complexity index is 1400. The van der Waals surface area contributed by atoms with Crippen molar-refractivity contribution in [1.82, 2.24) is 21.3 Å². The molecule has 4 rings (SSSR count). The molecule has 0 saturated carbocycles. The lowest BCUT2D eigenvalue weighted by molar-refractivity contribution is -0.152. The summed E-state index contributed by atoms with van der Waals surface area (Å²) in [7, 11) is 0. The van der Waals surface area contributed by atoms with Crippen molar-refractivity contribution in [3.05, 3.63) is 108 Å². The SMILES string of the molecule is C[C@H]1OC(=O)CCNC(=O)C(Cc2ccccc2)NC(=O)[C@H](Cc2ccccc2)NC(=O)[C@H]1NC(=O)Cc1ccccc1. The molecule has 3 aromatic rings. The van der Waals surface area contributed by atoms with Gasteiger partial charge in [-0.15, -0.1) is 0 Å². The summed E-state index contributed by atoms with van der Waals surface area (Å²) in [4.78, 5) is 66.1. The van der Waals surface area contributed by atoms with Crippen molar-refractivity contribution in [2.24, 2.45) is 0 Å². The highest BCUT2D eigenvalue weighted by Crippen LogP contribution is 2.10. The van der Waals surface area contributed by atoms with Crippen molar-refractivity contribution >= 4 is 29.6 Å². The van der Waals surface area contributed by atoms with Crippen LogP contribution in [0.5, 0.6) is 0 Å². The molecule has 1 unspecified atom stereocenters. The van der Waals surface area contributed by atoms with E-state index in [0.717, 1.165) is 16.7 Å². The monoisotopic (exact) mass is 584 g/mol. The molecule has 1 aliphatic heterocycles. The second-order valence-electron chi connectivity index (χ2n) is 10.4. The van der Waals surface area contributed by atoms with Crippen LogP contribution in [0.1, 0.15) is 30.0 Å². The van der Waals surface area contributed by atoms with Crippen LogP contribution in [0.15, 0.2) is 91.0 Å². The zero-order valence-electron chi connectivity index (χ0n) is 24.0. The Labute approximate surface area is 250 Å². The van der Waals surface area contributed by atoms with Crippen molar-refractivity contribution in [1.29, 1.82) is 0 Å². The van der Waals surface area contributed by atoms with E-state index in [4.69, 9.17) is 4.74 Å². The van der Waals surface area contributed by atoms with Gasteiger partial charge in [-0.25, -0.2) is 0 Å². The first-order valence-corrected chi connectivity index (χ1v) is 14.3. The van der Waals surface area contributed by atoms with E-state index in [1.807, 2.05) is 66.7 Å². The van der Waals surface area contributed by atoms with Gasteiger partial charge < -0.3 is 26.0 Å². The largest absolute Gasteiger partial charge is 0.460 e. The van der Waals surface area contributed by atoms with E-state index in [9.17, 15) is 24.0 Å². The van der Waals surface area contributed by atoms with Gasteiger partial charge in [0.15, 0.2) is 0 Å². The third-order valence-electron chi connectivity index (χ3n) is 7.05. The van der Waals surface area contributed by atoms with E-state index < -0.39 is 53.8 Å². The van der Waals surface area contributed by atoms with Crippen molar-refractivity contribution in [2.45, 2.75) is 56.8 Å². The van der Waals surface area contributed by atoms with Gasteiger partial charge in [0.05, 0.1) is 12.8 Å². The molecule has 3 aromatic carbocycles. The Morgan fingerprint density at radius 1 is 0.721 bits per heavy atom. The fourth-order valence-electron chi connectivity index (χ4n) is 4.80. The zero-order chi connectivity index (χ0) is 30.6. The maximum atomic E-state index is 13.7. The van der Waals surface area contributed by atoms with Crippen LogP contribution in [0.3, 0.4) is 0 Å². The van der Waals surface area contributed by atoms with Crippen LogP contribution >= 0.6 is 0 Å². The average molecular weight is 585 g/mol. The predicted octanol–water partition coefficient (Wildman–Crippen LogP) is 1.62. The lowest BCUT2D eigenvalue weighted by Crippen LogP contribution is -2.60. The standard InChI is InChI=1S/C33H36N4O6/c1-22-30(37-28(38)21-25-15-9-4-10-16-25)33(42)36-27(20-24-13-7-3-8-14-24)32(41)35-26(19-23-11-5-2-6-12-23)31(40)34-18-17-29(39)43-22/h2-16,22,26-27,30H,17-21H2,1H3,(H,34,40)(H,35,41)(H,36,42)(H,37,38)/t22-,26?,27+,30+/m1/s1. The molecule has 10 heteroatoms. The molecular formula is C33H36N4O6. The molecule has 4 N–H and O–H groups in total. The van der Waals surface area contributed by atoms with Crippen LogP contribution in [0.4, 0.5) is 0 Å². The van der Waals surface area contributed by atoms with Gasteiger partial charge in [-0.1, -0.05) is 91.0 Å². The number of amides is 4. The molecule has 4 atom stereocenters. The number of rotatable bonds is 7. The fourth-order valence-corrected chi connectivity index (χ4v) is 4.80. The number of carbonyl (C=O) groups excluding carboxylic acids is 5. The maximum Gasteiger partial charge on any atom is 0.307 e. The second kappa shape index (κ2) is 15.3. The average Bonchev–Trinajstić information content (AvgIpc) is 3.00. The van der Waals surface area contributed by atoms with Crippen LogP contribution in [0, 0.1) is 0 Å². The number of ether oxygens (including phenoxy) is 1. The first kappa shape index (κ1) is 31.0. The summed E-state index contributed by atoms with van der Waals surface area (Å²) in [6.45, 7) is 1.47. The van der Waals surface area contributed by atoms with Gasteiger partial charge in [-0.3, -0.25) is 24.0 Å². The van der Waals surface area contributed by atoms with Crippen molar-refractivity contribution in [3.63, 3.8) is 0 Å². The van der Waals surface area contributed by atoms with Crippen LogP contribution in [0.25, 0.3) is 0 Å². The second-order valence-corrected chi connectivity index (χ2v) is 10.4. The molecule has 0 spiro atoms. The number of nitrogens with one attached hydrogen (secondary N) is 4. The first-order valence-electron chi connectivity index (χ1n) is 14.3. The number of hydrogen-bond acceptors (Lipinski definition) is 6. The number of hydrogen-bond donors (Lipinski definition) is 4. The van der Waals surface area contributed by atoms with E-state index in [2.05, 4.69) is 21.3 Å². The Kier molecular flexibility index (Phi) is 11.0. The topological polar surface area (TPSA) is 143 Å². The molecule has 1 heterocycles.